The summed E-state index contributed by atoms with van der Waals surface area (Å²) in [6.07, 6.45) is 3.52. The SMILES string of the molecule is CC(C)CC(=O)Nc1ccc(Cl)c(C(=O)N2C3CCNCC2CC3)c1.Cl. The number of anilines is 1. The van der Waals surface area contributed by atoms with E-state index in [0.717, 1.165) is 32.4 Å². The van der Waals surface area contributed by atoms with Crippen LogP contribution in [-0.2, 0) is 4.79 Å². The van der Waals surface area contributed by atoms with Crippen molar-refractivity contribution in [2.45, 2.75) is 51.6 Å². The topological polar surface area (TPSA) is 61.4 Å². The Bertz CT molecular complexity index is 652. The second-order valence-electron chi connectivity index (χ2n) is 7.43. The van der Waals surface area contributed by atoms with Gasteiger partial charge in [0.2, 0.25) is 5.91 Å². The molecule has 3 rings (SSSR count). The smallest absolute Gasteiger partial charge is 0.255 e. The summed E-state index contributed by atoms with van der Waals surface area (Å²) in [5.41, 5.74) is 1.10. The van der Waals surface area contributed by atoms with Crippen molar-refractivity contribution in [3.05, 3.63) is 28.8 Å². The Morgan fingerprint density at radius 3 is 2.73 bits per heavy atom. The van der Waals surface area contributed by atoms with Crippen molar-refractivity contribution in [1.82, 2.24) is 10.2 Å². The quantitative estimate of drug-likeness (QED) is 0.810. The maximum Gasteiger partial charge on any atom is 0.255 e. The van der Waals surface area contributed by atoms with Gasteiger partial charge in [0, 0.05) is 30.7 Å². The van der Waals surface area contributed by atoms with Crippen LogP contribution in [0.5, 0.6) is 0 Å². The maximum atomic E-state index is 13.2. The molecule has 2 amide bonds. The first kappa shape index (κ1) is 21.0. The third-order valence-electron chi connectivity index (χ3n) is 4.96. The second kappa shape index (κ2) is 9.07. The number of amides is 2. The molecule has 2 aliphatic rings. The van der Waals surface area contributed by atoms with Gasteiger partial charge in [0.15, 0.2) is 0 Å². The number of hydrogen-bond donors (Lipinski definition) is 2. The zero-order valence-corrected chi connectivity index (χ0v) is 16.8. The first-order valence-corrected chi connectivity index (χ1v) is 9.46. The van der Waals surface area contributed by atoms with Crippen molar-refractivity contribution in [1.29, 1.82) is 0 Å². The minimum absolute atomic E-state index is 0. The monoisotopic (exact) mass is 399 g/mol. The van der Waals surface area contributed by atoms with Gasteiger partial charge < -0.3 is 15.5 Å². The zero-order valence-electron chi connectivity index (χ0n) is 15.3. The van der Waals surface area contributed by atoms with E-state index < -0.39 is 0 Å². The summed E-state index contributed by atoms with van der Waals surface area (Å²) in [5.74, 6) is 0.213. The predicted molar refractivity (Wildman–Crippen MR) is 107 cm³/mol. The molecule has 2 atom stereocenters. The summed E-state index contributed by atoms with van der Waals surface area (Å²) in [6.45, 7) is 5.79. The summed E-state index contributed by atoms with van der Waals surface area (Å²) >= 11 is 6.31. The van der Waals surface area contributed by atoms with Crippen LogP contribution in [-0.4, -0.2) is 41.9 Å². The molecule has 1 aromatic rings. The Kier molecular flexibility index (Phi) is 7.33. The van der Waals surface area contributed by atoms with E-state index in [9.17, 15) is 9.59 Å². The number of carbonyl (C=O) groups excluding carboxylic acids is 2. The van der Waals surface area contributed by atoms with Crippen LogP contribution < -0.4 is 10.6 Å². The summed E-state index contributed by atoms with van der Waals surface area (Å²) < 4.78 is 0. The lowest BCUT2D eigenvalue weighted by Crippen LogP contribution is -2.42. The van der Waals surface area contributed by atoms with Crippen LogP contribution in [0.15, 0.2) is 18.2 Å². The summed E-state index contributed by atoms with van der Waals surface area (Å²) in [5, 5.41) is 6.70. The Balaban J connectivity index is 0.00000243. The van der Waals surface area contributed by atoms with Crippen LogP contribution >= 0.6 is 24.0 Å². The van der Waals surface area contributed by atoms with E-state index >= 15 is 0 Å². The highest BCUT2D eigenvalue weighted by Gasteiger charge is 2.38. The average Bonchev–Trinajstić information content (AvgIpc) is 2.80. The van der Waals surface area contributed by atoms with Crippen LogP contribution in [0, 0.1) is 5.92 Å². The molecule has 2 heterocycles. The molecule has 0 aliphatic carbocycles. The lowest BCUT2D eigenvalue weighted by atomic mass is 10.1. The van der Waals surface area contributed by atoms with Gasteiger partial charge in [-0.1, -0.05) is 25.4 Å². The number of rotatable bonds is 4. The highest BCUT2D eigenvalue weighted by Crippen LogP contribution is 2.32. The third-order valence-corrected chi connectivity index (χ3v) is 5.29. The standard InChI is InChI=1S/C19H26ClN3O2.ClH/c1-12(2)9-18(24)22-13-3-6-17(20)16(10-13)19(25)23-14-4-5-15(23)11-21-8-7-14;/h3,6,10,12,14-15,21H,4-5,7-9,11H2,1-2H3,(H,22,24);1H. The Morgan fingerprint density at radius 1 is 1.27 bits per heavy atom. The van der Waals surface area contributed by atoms with Gasteiger partial charge in [0.25, 0.3) is 5.91 Å². The molecule has 144 valence electrons. The van der Waals surface area contributed by atoms with E-state index in [2.05, 4.69) is 10.6 Å². The first-order valence-electron chi connectivity index (χ1n) is 9.08. The molecule has 2 fully saturated rings. The van der Waals surface area contributed by atoms with Crippen LogP contribution in [0.25, 0.3) is 0 Å². The van der Waals surface area contributed by atoms with Crippen molar-refractivity contribution >= 4 is 41.5 Å². The molecule has 2 unspecified atom stereocenters. The number of hydrogen-bond acceptors (Lipinski definition) is 3. The largest absolute Gasteiger partial charge is 0.331 e. The molecule has 2 aliphatic heterocycles. The summed E-state index contributed by atoms with van der Waals surface area (Å²) in [4.78, 5) is 27.2. The van der Waals surface area contributed by atoms with Crippen LogP contribution in [0.2, 0.25) is 5.02 Å². The summed E-state index contributed by atoms with van der Waals surface area (Å²) in [7, 11) is 0. The number of fused-ring (bicyclic) bond motifs is 2. The minimum atomic E-state index is -0.0465. The fourth-order valence-electron chi connectivity index (χ4n) is 3.80. The van der Waals surface area contributed by atoms with Crippen molar-refractivity contribution in [3.63, 3.8) is 0 Å². The lowest BCUT2D eigenvalue weighted by Gasteiger charge is -2.28. The first-order chi connectivity index (χ1) is 12.0. The molecule has 0 saturated carbocycles. The van der Waals surface area contributed by atoms with E-state index in [4.69, 9.17) is 11.6 Å². The molecule has 0 spiro atoms. The highest BCUT2D eigenvalue weighted by atomic mass is 35.5. The number of halogens is 2. The normalized spacial score (nSPS) is 21.9. The van der Waals surface area contributed by atoms with E-state index in [-0.39, 0.29) is 42.2 Å². The molecule has 1 aromatic carbocycles. The molecule has 2 bridgehead atoms. The molecule has 5 nitrogen and oxygen atoms in total. The van der Waals surface area contributed by atoms with E-state index in [1.54, 1.807) is 18.2 Å². The maximum absolute atomic E-state index is 13.2. The highest BCUT2D eigenvalue weighted by molar-refractivity contribution is 6.34. The van der Waals surface area contributed by atoms with Gasteiger partial charge >= 0.3 is 0 Å². The van der Waals surface area contributed by atoms with Gasteiger partial charge in [0.1, 0.15) is 0 Å². The molecule has 0 aromatic heterocycles. The van der Waals surface area contributed by atoms with E-state index in [1.807, 2.05) is 18.7 Å². The van der Waals surface area contributed by atoms with Crippen molar-refractivity contribution in [2.75, 3.05) is 18.4 Å². The fraction of sp³-hybridized carbons (Fsp3) is 0.579. The van der Waals surface area contributed by atoms with E-state index in [0.29, 0.717) is 22.7 Å². The Morgan fingerprint density at radius 2 is 2.00 bits per heavy atom. The number of benzene rings is 1. The van der Waals surface area contributed by atoms with Crippen LogP contribution in [0.4, 0.5) is 5.69 Å². The van der Waals surface area contributed by atoms with Gasteiger partial charge in [-0.05, 0) is 49.9 Å². The molecule has 2 N–H and O–H groups in total. The van der Waals surface area contributed by atoms with Crippen LogP contribution in [0.1, 0.15) is 49.9 Å². The molecular formula is C19H27Cl2N3O2. The lowest BCUT2D eigenvalue weighted by molar-refractivity contribution is -0.116. The minimum Gasteiger partial charge on any atom is -0.331 e. The number of nitrogens with zero attached hydrogens (tertiary/aromatic N) is 1. The predicted octanol–water partition coefficient (Wildman–Crippen LogP) is 3.71. The van der Waals surface area contributed by atoms with Gasteiger partial charge in [-0.3, -0.25) is 9.59 Å². The molecule has 0 radical (unpaired) electrons. The average molecular weight is 400 g/mol. The fourth-order valence-corrected chi connectivity index (χ4v) is 4.00. The van der Waals surface area contributed by atoms with Gasteiger partial charge in [-0.2, -0.15) is 0 Å². The number of nitrogens with one attached hydrogen (secondary N) is 2. The molecule has 2 saturated heterocycles. The number of carbonyl (C=O) groups is 2. The van der Waals surface area contributed by atoms with Crippen LogP contribution in [0.3, 0.4) is 0 Å². The second-order valence-corrected chi connectivity index (χ2v) is 7.84. The van der Waals surface area contributed by atoms with Crippen molar-refractivity contribution in [3.8, 4) is 0 Å². The van der Waals surface area contributed by atoms with Gasteiger partial charge in [-0.15, -0.1) is 12.4 Å². The Labute approximate surface area is 166 Å². The molecule has 7 heteroatoms. The zero-order chi connectivity index (χ0) is 18.0. The Hall–Kier alpha value is -1.30. The van der Waals surface area contributed by atoms with Gasteiger partial charge in [-0.25, -0.2) is 0 Å². The summed E-state index contributed by atoms with van der Waals surface area (Å²) in [6, 6.07) is 5.66. The van der Waals surface area contributed by atoms with Crippen molar-refractivity contribution < 1.29 is 9.59 Å². The van der Waals surface area contributed by atoms with Gasteiger partial charge in [0.05, 0.1) is 10.6 Å². The third kappa shape index (κ3) is 4.70. The van der Waals surface area contributed by atoms with Crippen molar-refractivity contribution in [2.24, 2.45) is 5.92 Å². The molecule has 26 heavy (non-hydrogen) atoms. The molecular weight excluding hydrogens is 373 g/mol. The van der Waals surface area contributed by atoms with E-state index in [1.165, 1.54) is 0 Å².